The van der Waals surface area contributed by atoms with Crippen molar-refractivity contribution >= 4 is 11.9 Å². The molecule has 1 N–H and O–H groups in total. The molecule has 1 heterocycles. The van der Waals surface area contributed by atoms with E-state index in [2.05, 4.69) is 5.32 Å². The molecule has 1 unspecified atom stereocenters. The zero-order chi connectivity index (χ0) is 29.3. The third kappa shape index (κ3) is 9.51. The Morgan fingerprint density at radius 3 is 2.12 bits per heavy atom. The van der Waals surface area contributed by atoms with E-state index in [1.165, 1.54) is 0 Å². The average molecular weight is 575 g/mol. The molecule has 1 amide bonds. The summed E-state index contributed by atoms with van der Waals surface area (Å²) < 4.78 is 89.6. The van der Waals surface area contributed by atoms with Crippen LogP contribution >= 0.6 is 0 Å². The van der Waals surface area contributed by atoms with Crippen LogP contribution in [0.4, 0.5) is 26.3 Å². The van der Waals surface area contributed by atoms with Crippen molar-refractivity contribution in [2.24, 2.45) is 5.92 Å². The first-order chi connectivity index (χ1) is 18.9. The first-order valence-corrected chi connectivity index (χ1v) is 12.9. The predicted octanol–water partition coefficient (Wildman–Crippen LogP) is 5.42. The second-order valence-electron chi connectivity index (χ2n) is 9.64. The summed E-state index contributed by atoms with van der Waals surface area (Å²) >= 11 is 0. The molecule has 0 spiro atoms. The van der Waals surface area contributed by atoms with E-state index in [9.17, 15) is 35.9 Å². The maximum absolute atomic E-state index is 13.2. The van der Waals surface area contributed by atoms with Gasteiger partial charge in [0, 0.05) is 12.5 Å². The molecule has 0 saturated carbocycles. The van der Waals surface area contributed by atoms with Crippen molar-refractivity contribution in [2.75, 3.05) is 39.4 Å². The van der Waals surface area contributed by atoms with Crippen LogP contribution in [0.15, 0.2) is 48.5 Å². The second kappa shape index (κ2) is 14.0. The molecule has 1 fully saturated rings. The number of nitrogens with zero attached hydrogens (tertiary/aromatic N) is 1. The van der Waals surface area contributed by atoms with E-state index in [4.69, 9.17) is 9.47 Å². The first kappa shape index (κ1) is 31.4. The number of carbonyl (C=O) groups is 2. The summed E-state index contributed by atoms with van der Waals surface area (Å²) in [7, 11) is 0. The molecule has 12 heteroatoms. The number of carbonyl (C=O) groups excluding carboxylic acids is 2. The van der Waals surface area contributed by atoms with Gasteiger partial charge in [-0.15, -0.1) is 0 Å². The molecule has 0 aromatic heterocycles. The van der Waals surface area contributed by atoms with E-state index in [-0.39, 0.29) is 49.1 Å². The van der Waals surface area contributed by atoms with Gasteiger partial charge in [0.1, 0.15) is 0 Å². The van der Waals surface area contributed by atoms with Gasteiger partial charge in [-0.3, -0.25) is 14.5 Å². The summed E-state index contributed by atoms with van der Waals surface area (Å²) in [6, 6.07) is 10.3. The Hall–Kier alpha value is -3.12. The van der Waals surface area contributed by atoms with Gasteiger partial charge in [-0.05, 0) is 62.2 Å². The van der Waals surface area contributed by atoms with Crippen LogP contribution in [0.25, 0.3) is 0 Å². The van der Waals surface area contributed by atoms with Crippen LogP contribution in [-0.2, 0) is 38.0 Å². The molecular formula is C28H32F6N2O4. The van der Waals surface area contributed by atoms with Crippen molar-refractivity contribution < 1.29 is 45.4 Å². The van der Waals surface area contributed by atoms with Gasteiger partial charge in [0.25, 0.3) is 0 Å². The Morgan fingerprint density at radius 1 is 0.975 bits per heavy atom. The third-order valence-corrected chi connectivity index (χ3v) is 6.63. The quantitative estimate of drug-likeness (QED) is 0.287. The van der Waals surface area contributed by atoms with Crippen LogP contribution in [0, 0.1) is 5.92 Å². The SMILES string of the molecule is CCOC(=O)C1CCN(CC(=O)NCC(COCc2cc(C(F)(F)F)cc(C(F)(F)F)c2)c2ccccc2)CC1. The van der Waals surface area contributed by atoms with Crippen molar-refractivity contribution in [2.45, 2.75) is 44.6 Å². The number of benzene rings is 2. The Labute approximate surface area is 228 Å². The Kier molecular flexibility index (Phi) is 11.0. The van der Waals surface area contributed by atoms with Crippen molar-refractivity contribution in [3.63, 3.8) is 0 Å². The lowest BCUT2D eigenvalue weighted by atomic mass is 9.97. The average Bonchev–Trinajstić information content (AvgIpc) is 2.90. The summed E-state index contributed by atoms with van der Waals surface area (Å²) in [6.07, 6.45) is -8.70. The number of hydrogen-bond donors (Lipinski definition) is 1. The van der Waals surface area contributed by atoms with Gasteiger partial charge >= 0.3 is 18.3 Å². The molecule has 6 nitrogen and oxygen atoms in total. The van der Waals surface area contributed by atoms with E-state index in [1.54, 1.807) is 37.3 Å². The van der Waals surface area contributed by atoms with Gasteiger partial charge in [-0.2, -0.15) is 26.3 Å². The van der Waals surface area contributed by atoms with E-state index >= 15 is 0 Å². The molecule has 2 aromatic rings. The molecule has 0 radical (unpaired) electrons. The molecule has 220 valence electrons. The summed E-state index contributed by atoms with van der Waals surface area (Å²) in [5.41, 5.74) is -2.28. The highest BCUT2D eigenvalue weighted by Crippen LogP contribution is 2.36. The minimum Gasteiger partial charge on any atom is -0.466 e. The minimum absolute atomic E-state index is 0.0488. The van der Waals surface area contributed by atoms with Gasteiger partial charge in [-0.25, -0.2) is 0 Å². The molecule has 1 aliphatic rings. The second-order valence-corrected chi connectivity index (χ2v) is 9.64. The molecule has 0 bridgehead atoms. The van der Waals surface area contributed by atoms with E-state index < -0.39 is 36.0 Å². The highest BCUT2D eigenvalue weighted by molar-refractivity contribution is 5.78. The lowest BCUT2D eigenvalue weighted by Gasteiger charge is -2.30. The molecule has 40 heavy (non-hydrogen) atoms. The lowest BCUT2D eigenvalue weighted by Crippen LogP contribution is -2.43. The van der Waals surface area contributed by atoms with E-state index in [0.29, 0.717) is 44.7 Å². The number of likely N-dealkylation sites (tertiary alicyclic amines) is 1. The zero-order valence-corrected chi connectivity index (χ0v) is 22.0. The van der Waals surface area contributed by atoms with Crippen LogP contribution in [-0.4, -0.2) is 56.2 Å². The third-order valence-electron chi connectivity index (χ3n) is 6.63. The Balaban J connectivity index is 1.57. The summed E-state index contributed by atoms with van der Waals surface area (Å²) in [4.78, 5) is 26.5. The smallest absolute Gasteiger partial charge is 0.416 e. The van der Waals surface area contributed by atoms with Crippen LogP contribution in [0.2, 0.25) is 0 Å². The van der Waals surface area contributed by atoms with Crippen LogP contribution in [0.1, 0.15) is 47.9 Å². The monoisotopic (exact) mass is 574 g/mol. The number of rotatable bonds is 11. The molecule has 1 saturated heterocycles. The maximum atomic E-state index is 13.2. The van der Waals surface area contributed by atoms with Crippen LogP contribution in [0.5, 0.6) is 0 Å². The normalized spacial score (nSPS) is 16.0. The topological polar surface area (TPSA) is 67.9 Å². The van der Waals surface area contributed by atoms with Crippen molar-refractivity contribution in [1.82, 2.24) is 10.2 Å². The number of amides is 1. The maximum Gasteiger partial charge on any atom is 0.416 e. The molecule has 3 rings (SSSR count). The fraction of sp³-hybridized carbons (Fsp3) is 0.500. The van der Waals surface area contributed by atoms with E-state index in [1.807, 2.05) is 4.90 Å². The van der Waals surface area contributed by atoms with Crippen molar-refractivity contribution in [1.29, 1.82) is 0 Å². The van der Waals surface area contributed by atoms with Crippen LogP contribution < -0.4 is 5.32 Å². The van der Waals surface area contributed by atoms with Gasteiger partial charge in [0.15, 0.2) is 0 Å². The number of nitrogens with one attached hydrogen (secondary N) is 1. The fourth-order valence-corrected chi connectivity index (χ4v) is 4.50. The minimum atomic E-state index is -4.94. The fourth-order valence-electron chi connectivity index (χ4n) is 4.50. The Morgan fingerprint density at radius 2 is 1.57 bits per heavy atom. The number of esters is 1. The van der Waals surface area contributed by atoms with Gasteiger partial charge < -0.3 is 14.8 Å². The zero-order valence-electron chi connectivity index (χ0n) is 22.0. The van der Waals surface area contributed by atoms with Crippen molar-refractivity contribution in [3.05, 3.63) is 70.8 Å². The summed E-state index contributed by atoms with van der Waals surface area (Å²) in [6.45, 7) is 2.97. The number of halogens is 6. The summed E-state index contributed by atoms with van der Waals surface area (Å²) in [5.74, 6) is -1.05. The Bertz CT molecular complexity index is 1080. The standard InChI is InChI=1S/C28H32F6N2O4/c1-2-40-26(38)21-8-10-36(11-9-21)16-25(37)35-15-22(20-6-4-3-5-7-20)18-39-17-19-12-23(27(29,30)31)14-24(13-19)28(32,33)34/h3-7,12-14,21-22H,2,8-11,15-18H2,1H3,(H,35,37). The van der Waals surface area contributed by atoms with E-state index in [0.717, 1.165) is 5.56 Å². The number of piperidine rings is 1. The molecular weight excluding hydrogens is 542 g/mol. The molecule has 1 aliphatic heterocycles. The van der Waals surface area contributed by atoms with Crippen molar-refractivity contribution in [3.8, 4) is 0 Å². The highest BCUT2D eigenvalue weighted by atomic mass is 19.4. The lowest BCUT2D eigenvalue weighted by molar-refractivity contribution is -0.149. The largest absolute Gasteiger partial charge is 0.466 e. The summed E-state index contributed by atoms with van der Waals surface area (Å²) in [5, 5.41) is 2.84. The number of hydrogen-bond acceptors (Lipinski definition) is 5. The van der Waals surface area contributed by atoms with Gasteiger partial charge in [0.05, 0.1) is 43.4 Å². The predicted molar refractivity (Wildman–Crippen MR) is 134 cm³/mol. The molecule has 1 atom stereocenters. The van der Waals surface area contributed by atoms with Crippen LogP contribution in [0.3, 0.4) is 0 Å². The highest BCUT2D eigenvalue weighted by Gasteiger charge is 2.37. The molecule has 0 aliphatic carbocycles. The molecule has 2 aromatic carbocycles. The number of alkyl halides is 6. The van der Waals surface area contributed by atoms with Gasteiger partial charge in [-0.1, -0.05) is 30.3 Å². The first-order valence-electron chi connectivity index (χ1n) is 12.9. The number of ether oxygens (including phenoxy) is 2. The van der Waals surface area contributed by atoms with Gasteiger partial charge in [0.2, 0.25) is 5.91 Å².